The van der Waals surface area contributed by atoms with Crippen molar-refractivity contribution >= 4 is 5.69 Å². The zero-order valence-electron chi connectivity index (χ0n) is 14.3. The van der Waals surface area contributed by atoms with Crippen LogP contribution in [0.1, 0.15) is 11.1 Å². The third-order valence-corrected chi connectivity index (χ3v) is 4.44. The molecule has 0 bridgehead atoms. The second-order valence-corrected chi connectivity index (χ2v) is 6.35. The average Bonchev–Trinajstić information content (AvgIpc) is 2.60. The van der Waals surface area contributed by atoms with Gasteiger partial charge in [0.2, 0.25) is 0 Å². The molecule has 2 aromatic rings. The Hall–Kier alpha value is -2.11. The predicted octanol–water partition coefficient (Wildman–Crippen LogP) is 1.52. The minimum Gasteiger partial charge on any atom is -0.383 e. The van der Waals surface area contributed by atoms with Crippen molar-refractivity contribution in [2.75, 3.05) is 44.6 Å². The van der Waals surface area contributed by atoms with Gasteiger partial charge in [-0.2, -0.15) is 0 Å². The lowest BCUT2D eigenvalue weighted by molar-refractivity contribution is 0.249. The Bertz CT molecular complexity index is 719. The fourth-order valence-electron chi connectivity index (χ4n) is 3.07. The highest BCUT2D eigenvalue weighted by molar-refractivity contribution is 5.51. The van der Waals surface area contributed by atoms with Gasteiger partial charge in [-0.05, 0) is 24.1 Å². The lowest BCUT2D eigenvalue weighted by Crippen LogP contribution is -2.45. The zero-order valence-corrected chi connectivity index (χ0v) is 14.3. The summed E-state index contributed by atoms with van der Waals surface area (Å²) in [5.41, 5.74) is 3.39. The summed E-state index contributed by atoms with van der Waals surface area (Å²) in [7, 11) is 0. The van der Waals surface area contributed by atoms with Crippen LogP contribution in [-0.2, 0) is 6.54 Å². The normalized spacial score (nSPS) is 15.4. The Kier molecular flexibility index (Phi) is 5.67. The summed E-state index contributed by atoms with van der Waals surface area (Å²) >= 11 is 0. The minimum atomic E-state index is 0.0382. The second-order valence-electron chi connectivity index (χ2n) is 6.35. The van der Waals surface area contributed by atoms with Gasteiger partial charge in [-0.15, -0.1) is 0 Å². The summed E-state index contributed by atoms with van der Waals surface area (Å²) in [6.45, 7) is 8.94. The molecular weight excluding hydrogens is 300 g/mol. The molecule has 3 rings (SSSR count). The van der Waals surface area contributed by atoms with Crippen LogP contribution in [0.4, 0.5) is 5.69 Å². The van der Waals surface area contributed by atoms with Crippen molar-refractivity contribution in [3.05, 3.63) is 64.1 Å². The van der Waals surface area contributed by atoms with E-state index in [-0.39, 0.29) is 5.56 Å². The molecule has 0 saturated carbocycles. The van der Waals surface area contributed by atoms with Crippen molar-refractivity contribution < 1.29 is 0 Å². The van der Waals surface area contributed by atoms with Gasteiger partial charge in [0, 0.05) is 57.2 Å². The first-order valence-corrected chi connectivity index (χ1v) is 8.64. The van der Waals surface area contributed by atoms with E-state index in [9.17, 15) is 4.79 Å². The van der Waals surface area contributed by atoms with Crippen LogP contribution in [-0.4, -0.2) is 48.7 Å². The molecule has 24 heavy (non-hydrogen) atoms. The van der Waals surface area contributed by atoms with E-state index in [1.54, 1.807) is 10.6 Å². The smallest absolute Gasteiger partial charge is 0.250 e. The van der Waals surface area contributed by atoms with Crippen molar-refractivity contribution in [1.29, 1.82) is 0 Å². The van der Waals surface area contributed by atoms with Gasteiger partial charge in [-0.1, -0.05) is 24.3 Å². The highest BCUT2D eigenvalue weighted by Crippen LogP contribution is 2.16. The highest BCUT2D eigenvalue weighted by Gasteiger charge is 2.09. The number of rotatable bonds is 6. The average molecular weight is 326 g/mol. The molecule has 0 unspecified atom stereocenters. The molecule has 5 nitrogen and oxygen atoms in total. The molecule has 1 saturated heterocycles. The van der Waals surface area contributed by atoms with Gasteiger partial charge in [-0.25, -0.2) is 0 Å². The van der Waals surface area contributed by atoms with E-state index in [0.29, 0.717) is 6.54 Å². The summed E-state index contributed by atoms with van der Waals surface area (Å²) in [6, 6.07) is 11.7. The number of piperazine rings is 1. The van der Waals surface area contributed by atoms with Crippen molar-refractivity contribution in [3.8, 4) is 0 Å². The summed E-state index contributed by atoms with van der Waals surface area (Å²) < 4.78 is 1.77. The first-order valence-electron chi connectivity index (χ1n) is 8.64. The van der Waals surface area contributed by atoms with Gasteiger partial charge in [0.05, 0.1) is 6.54 Å². The molecule has 0 radical (unpaired) electrons. The number of aryl methyl sites for hydroxylation is 1. The Morgan fingerprint density at radius 2 is 1.92 bits per heavy atom. The van der Waals surface area contributed by atoms with Crippen LogP contribution in [0.3, 0.4) is 0 Å². The number of hydrogen-bond donors (Lipinski definition) is 2. The molecule has 1 aromatic carbocycles. The SMILES string of the molecule is Cc1ccc(=O)n(Cc2ccccc2NCCN2CCNCC2)c1. The standard InChI is InChI=1S/C19H26N4O/c1-16-6-7-19(24)23(14-16)15-17-4-2-3-5-18(17)21-10-13-22-11-8-20-9-12-22/h2-7,14,20-21H,8-13,15H2,1H3. The van der Waals surface area contributed by atoms with E-state index >= 15 is 0 Å². The van der Waals surface area contributed by atoms with E-state index < -0.39 is 0 Å². The number of aromatic nitrogens is 1. The zero-order chi connectivity index (χ0) is 16.8. The van der Waals surface area contributed by atoms with Crippen molar-refractivity contribution in [2.24, 2.45) is 0 Å². The molecule has 2 heterocycles. The van der Waals surface area contributed by atoms with Crippen LogP contribution in [0, 0.1) is 6.92 Å². The quantitative estimate of drug-likeness (QED) is 0.845. The van der Waals surface area contributed by atoms with E-state index in [4.69, 9.17) is 0 Å². The third kappa shape index (κ3) is 4.46. The molecule has 0 atom stereocenters. The molecule has 2 N–H and O–H groups in total. The molecule has 1 fully saturated rings. The van der Waals surface area contributed by atoms with Crippen molar-refractivity contribution in [1.82, 2.24) is 14.8 Å². The van der Waals surface area contributed by atoms with E-state index in [1.807, 2.05) is 31.3 Å². The Morgan fingerprint density at radius 3 is 2.75 bits per heavy atom. The van der Waals surface area contributed by atoms with Crippen LogP contribution in [0.15, 0.2) is 47.4 Å². The maximum atomic E-state index is 12.0. The van der Waals surface area contributed by atoms with Crippen LogP contribution in [0.2, 0.25) is 0 Å². The van der Waals surface area contributed by atoms with Gasteiger partial charge in [0.25, 0.3) is 5.56 Å². The lowest BCUT2D eigenvalue weighted by Gasteiger charge is -2.27. The first kappa shape index (κ1) is 16.7. The number of pyridine rings is 1. The van der Waals surface area contributed by atoms with Crippen LogP contribution in [0.5, 0.6) is 0 Å². The van der Waals surface area contributed by atoms with Crippen molar-refractivity contribution in [2.45, 2.75) is 13.5 Å². The number of benzene rings is 1. The molecule has 0 amide bonds. The van der Waals surface area contributed by atoms with E-state index in [1.165, 1.54) is 0 Å². The molecule has 5 heteroatoms. The van der Waals surface area contributed by atoms with Crippen LogP contribution < -0.4 is 16.2 Å². The van der Waals surface area contributed by atoms with E-state index in [2.05, 4.69) is 27.7 Å². The van der Waals surface area contributed by atoms with Gasteiger partial charge in [0.1, 0.15) is 0 Å². The monoisotopic (exact) mass is 326 g/mol. The number of anilines is 1. The Labute approximate surface area is 143 Å². The van der Waals surface area contributed by atoms with Crippen LogP contribution in [0.25, 0.3) is 0 Å². The maximum absolute atomic E-state index is 12.0. The molecule has 128 valence electrons. The summed E-state index contributed by atoms with van der Waals surface area (Å²) in [4.78, 5) is 14.5. The van der Waals surface area contributed by atoms with E-state index in [0.717, 1.165) is 56.1 Å². The second kappa shape index (κ2) is 8.13. The van der Waals surface area contributed by atoms with Gasteiger partial charge < -0.3 is 15.2 Å². The highest BCUT2D eigenvalue weighted by atomic mass is 16.1. The topological polar surface area (TPSA) is 49.3 Å². The van der Waals surface area contributed by atoms with Gasteiger partial charge in [0.15, 0.2) is 0 Å². The predicted molar refractivity (Wildman–Crippen MR) is 98.8 cm³/mol. The minimum absolute atomic E-state index is 0.0382. The molecule has 0 aliphatic carbocycles. The van der Waals surface area contributed by atoms with Crippen molar-refractivity contribution in [3.63, 3.8) is 0 Å². The Morgan fingerprint density at radius 1 is 1.12 bits per heavy atom. The lowest BCUT2D eigenvalue weighted by atomic mass is 10.1. The third-order valence-electron chi connectivity index (χ3n) is 4.44. The van der Waals surface area contributed by atoms with Gasteiger partial charge >= 0.3 is 0 Å². The summed E-state index contributed by atoms with van der Waals surface area (Å²) in [5.74, 6) is 0. The summed E-state index contributed by atoms with van der Waals surface area (Å²) in [5, 5.41) is 6.91. The van der Waals surface area contributed by atoms with Crippen LogP contribution >= 0.6 is 0 Å². The molecule has 1 aliphatic rings. The molecule has 1 aromatic heterocycles. The fraction of sp³-hybridized carbons (Fsp3) is 0.421. The Balaban J connectivity index is 1.64. The molecular formula is C19H26N4O. The largest absolute Gasteiger partial charge is 0.383 e. The number of nitrogens with one attached hydrogen (secondary N) is 2. The molecule has 0 spiro atoms. The van der Waals surface area contributed by atoms with Gasteiger partial charge in [-0.3, -0.25) is 9.69 Å². The molecule has 1 aliphatic heterocycles. The maximum Gasteiger partial charge on any atom is 0.250 e. The fourth-order valence-corrected chi connectivity index (χ4v) is 3.07. The number of para-hydroxylation sites is 1. The number of hydrogen-bond acceptors (Lipinski definition) is 4. The number of nitrogens with zero attached hydrogens (tertiary/aromatic N) is 2. The summed E-state index contributed by atoms with van der Waals surface area (Å²) in [6.07, 6.45) is 1.92. The first-order chi connectivity index (χ1) is 11.7.